The van der Waals surface area contributed by atoms with E-state index in [0.717, 1.165) is 12.8 Å². The topological polar surface area (TPSA) is 54.1 Å². The maximum Gasteiger partial charge on any atom is 0.267 e. The van der Waals surface area contributed by atoms with Crippen molar-refractivity contribution in [1.82, 2.24) is 10.3 Å². The smallest absolute Gasteiger partial charge is 0.267 e. The van der Waals surface area contributed by atoms with Crippen LogP contribution in [-0.4, -0.2) is 29.1 Å². The molecule has 0 radical (unpaired) electrons. The number of nitrogens with one attached hydrogen (secondary N) is 2. The fourth-order valence-electron chi connectivity index (χ4n) is 3.41. The Kier molecular flexibility index (Phi) is 4.41. The highest BCUT2D eigenvalue weighted by atomic mass is 16.5. The summed E-state index contributed by atoms with van der Waals surface area (Å²) in [4.78, 5) is 15.1. The van der Waals surface area contributed by atoms with Crippen molar-refractivity contribution >= 4 is 5.91 Å². The Morgan fingerprint density at radius 1 is 1.15 bits per heavy atom. The van der Waals surface area contributed by atoms with Crippen LogP contribution in [0.4, 0.5) is 0 Å². The molecule has 0 bridgehead atoms. The molecular weight excluding hydrogens is 252 g/mol. The summed E-state index contributed by atoms with van der Waals surface area (Å²) in [5.74, 6) is -0.0121. The molecule has 1 amide bonds. The number of ether oxygens (including phenoxy) is 1. The summed E-state index contributed by atoms with van der Waals surface area (Å²) in [5, 5.41) is 3.15. The Morgan fingerprint density at radius 2 is 1.90 bits per heavy atom. The number of carbonyl (C=O) groups excluding carboxylic acids is 1. The van der Waals surface area contributed by atoms with Crippen molar-refractivity contribution in [2.45, 2.75) is 69.6 Å². The first-order valence-electron chi connectivity index (χ1n) is 7.92. The molecule has 0 aliphatic heterocycles. The standard InChI is InChI=1S/C16H24N2O2/c19-16(14-9-5-11-17-14)18-13-8-3-4-10-15(13)20-12-6-1-2-7-12/h5,9,11-13,15,17H,1-4,6-8,10H2,(H,18,19)/t13-,15-/m1/s1. The average Bonchev–Trinajstić information content (AvgIpc) is 3.13. The highest BCUT2D eigenvalue weighted by molar-refractivity contribution is 5.92. The van der Waals surface area contributed by atoms with Crippen LogP contribution in [0.25, 0.3) is 0 Å². The van der Waals surface area contributed by atoms with Crippen molar-refractivity contribution < 1.29 is 9.53 Å². The first-order valence-corrected chi connectivity index (χ1v) is 7.92. The summed E-state index contributed by atoms with van der Waals surface area (Å²) in [6.45, 7) is 0. The van der Waals surface area contributed by atoms with Gasteiger partial charge in [-0.05, 0) is 37.8 Å². The average molecular weight is 276 g/mol. The zero-order chi connectivity index (χ0) is 13.8. The Hall–Kier alpha value is -1.29. The van der Waals surface area contributed by atoms with Gasteiger partial charge < -0.3 is 15.0 Å². The molecule has 0 saturated heterocycles. The van der Waals surface area contributed by atoms with Gasteiger partial charge in [-0.25, -0.2) is 0 Å². The summed E-state index contributed by atoms with van der Waals surface area (Å²) in [5.41, 5.74) is 0.634. The zero-order valence-electron chi connectivity index (χ0n) is 11.9. The minimum Gasteiger partial charge on any atom is -0.373 e. The molecule has 110 valence electrons. The predicted molar refractivity (Wildman–Crippen MR) is 77.6 cm³/mol. The second-order valence-electron chi connectivity index (χ2n) is 6.03. The van der Waals surface area contributed by atoms with E-state index in [1.54, 1.807) is 6.20 Å². The highest BCUT2D eigenvalue weighted by Crippen LogP contribution is 2.28. The molecule has 1 aromatic rings. The summed E-state index contributed by atoms with van der Waals surface area (Å²) in [6, 6.07) is 3.83. The quantitative estimate of drug-likeness (QED) is 0.888. The molecule has 2 fully saturated rings. The molecule has 1 aromatic heterocycles. The van der Waals surface area contributed by atoms with Crippen LogP contribution < -0.4 is 5.32 Å². The van der Waals surface area contributed by atoms with Crippen LogP contribution in [0.2, 0.25) is 0 Å². The van der Waals surface area contributed by atoms with Crippen LogP contribution in [0, 0.1) is 0 Å². The van der Waals surface area contributed by atoms with Crippen LogP contribution in [0.1, 0.15) is 61.9 Å². The molecular formula is C16H24N2O2. The molecule has 2 atom stereocenters. The molecule has 4 heteroatoms. The summed E-state index contributed by atoms with van der Waals surface area (Å²) < 4.78 is 6.26. The van der Waals surface area contributed by atoms with Crippen LogP contribution in [0.5, 0.6) is 0 Å². The lowest BCUT2D eigenvalue weighted by molar-refractivity contribution is -0.0419. The first kappa shape index (κ1) is 13.7. The lowest BCUT2D eigenvalue weighted by atomic mass is 9.92. The third kappa shape index (κ3) is 3.23. The van der Waals surface area contributed by atoms with Crippen molar-refractivity contribution in [3.05, 3.63) is 24.0 Å². The number of hydrogen-bond acceptors (Lipinski definition) is 2. The minimum atomic E-state index is -0.0121. The molecule has 0 spiro atoms. The maximum atomic E-state index is 12.2. The van der Waals surface area contributed by atoms with Gasteiger partial charge in [0.25, 0.3) is 5.91 Å². The molecule has 2 aliphatic rings. The van der Waals surface area contributed by atoms with E-state index in [2.05, 4.69) is 10.3 Å². The molecule has 2 N–H and O–H groups in total. The van der Waals surface area contributed by atoms with Crippen LogP contribution in [0.15, 0.2) is 18.3 Å². The van der Waals surface area contributed by atoms with Gasteiger partial charge in [-0.3, -0.25) is 4.79 Å². The SMILES string of the molecule is O=C(N[C@@H]1CCCC[C@H]1OC1CCCC1)c1ccc[nH]1. The van der Waals surface area contributed by atoms with E-state index in [1.165, 1.54) is 38.5 Å². The van der Waals surface area contributed by atoms with E-state index in [0.29, 0.717) is 11.8 Å². The number of aromatic nitrogens is 1. The van der Waals surface area contributed by atoms with Crippen LogP contribution >= 0.6 is 0 Å². The fourth-order valence-corrected chi connectivity index (χ4v) is 3.41. The van der Waals surface area contributed by atoms with E-state index < -0.39 is 0 Å². The summed E-state index contributed by atoms with van der Waals surface area (Å²) >= 11 is 0. The van der Waals surface area contributed by atoms with Crippen molar-refractivity contribution in [2.24, 2.45) is 0 Å². The Labute approximate surface area is 120 Å². The highest BCUT2D eigenvalue weighted by Gasteiger charge is 2.30. The number of rotatable bonds is 4. The van der Waals surface area contributed by atoms with Crippen molar-refractivity contribution in [2.75, 3.05) is 0 Å². The number of H-pyrrole nitrogens is 1. The number of carbonyl (C=O) groups is 1. The van der Waals surface area contributed by atoms with Gasteiger partial charge in [-0.2, -0.15) is 0 Å². The van der Waals surface area contributed by atoms with Crippen molar-refractivity contribution in [1.29, 1.82) is 0 Å². The van der Waals surface area contributed by atoms with Gasteiger partial charge in [0, 0.05) is 6.20 Å². The lowest BCUT2D eigenvalue weighted by Gasteiger charge is -2.34. The second kappa shape index (κ2) is 6.44. The fraction of sp³-hybridized carbons (Fsp3) is 0.688. The number of hydrogen-bond donors (Lipinski definition) is 2. The van der Waals surface area contributed by atoms with Crippen molar-refractivity contribution in [3.8, 4) is 0 Å². The lowest BCUT2D eigenvalue weighted by Crippen LogP contribution is -2.47. The summed E-state index contributed by atoms with van der Waals surface area (Å²) in [7, 11) is 0. The molecule has 0 unspecified atom stereocenters. The molecule has 2 aliphatic carbocycles. The molecule has 3 rings (SSSR count). The molecule has 2 saturated carbocycles. The zero-order valence-corrected chi connectivity index (χ0v) is 11.9. The molecule has 1 heterocycles. The predicted octanol–water partition coefficient (Wildman–Crippen LogP) is 3.01. The first-order chi connectivity index (χ1) is 9.83. The summed E-state index contributed by atoms with van der Waals surface area (Å²) in [6.07, 6.45) is 11.9. The Bertz CT molecular complexity index is 424. The monoisotopic (exact) mass is 276 g/mol. The van der Waals surface area contributed by atoms with Gasteiger partial charge in [0.2, 0.25) is 0 Å². The van der Waals surface area contributed by atoms with E-state index in [9.17, 15) is 4.79 Å². The van der Waals surface area contributed by atoms with Gasteiger partial charge in [0.15, 0.2) is 0 Å². The van der Waals surface area contributed by atoms with E-state index in [1.807, 2.05) is 12.1 Å². The molecule has 4 nitrogen and oxygen atoms in total. The third-order valence-electron chi connectivity index (χ3n) is 4.53. The number of amides is 1. The largest absolute Gasteiger partial charge is 0.373 e. The molecule has 0 aromatic carbocycles. The van der Waals surface area contributed by atoms with E-state index in [-0.39, 0.29) is 18.1 Å². The van der Waals surface area contributed by atoms with Gasteiger partial charge in [0.1, 0.15) is 5.69 Å². The van der Waals surface area contributed by atoms with Gasteiger partial charge in [-0.1, -0.05) is 25.7 Å². The second-order valence-corrected chi connectivity index (χ2v) is 6.03. The van der Waals surface area contributed by atoms with E-state index in [4.69, 9.17) is 4.74 Å². The van der Waals surface area contributed by atoms with Gasteiger partial charge in [0.05, 0.1) is 18.2 Å². The van der Waals surface area contributed by atoms with E-state index >= 15 is 0 Å². The van der Waals surface area contributed by atoms with Crippen LogP contribution in [0.3, 0.4) is 0 Å². The normalized spacial score (nSPS) is 27.6. The minimum absolute atomic E-state index is 0.0121. The number of aromatic amines is 1. The maximum absolute atomic E-state index is 12.2. The molecule has 20 heavy (non-hydrogen) atoms. The van der Waals surface area contributed by atoms with Crippen molar-refractivity contribution in [3.63, 3.8) is 0 Å². The Balaban J connectivity index is 1.58. The Morgan fingerprint density at radius 3 is 2.65 bits per heavy atom. The third-order valence-corrected chi connectivity index (χ3v) is 4.53. The van der Waals surface area contributed by atoms with Gasteiger partial charge >= 0.3 is 0 Å². The van der Waals surface area contributed by atoms with Crippen LogP contribution in [-0.2, 0) is 4.74 Å². The van der Waals surface area contributed by atoms with Gasteiger partial charge in [-0.15, -0.1) is 0 Å².